The first-order chi connectivity index (χ1) is 11.7. The molecule has 0 aliphatic rings. The standard InChI is InChI=1S/C17H14F3NO4/c1-10-3-4-12(16(23)24-2)9-14(10)21-15(22)11-5-7-13(8-6-11)25-17(18,19)20/h3-9H,1-2H3,(H,21,22). The van der Waals surface area contributed by atoms with E-state index < -0.39 is 24.0 Å². The van der Waals surface area contributed by atoms with Gasteiger partial charge in [-0.1, -0.05) is 6.07 Å². The zero-order chi connectivity index (χ0) is 18.6. The number of hydrogen-bond acceptors (Lipinski definition) is 4. The predicted octanol–water partition coefficient (Wildman–Crippen LogP) is 3.93. The lowest BCUT2D eigenvalue weighted by atomic mass is 10.1. The van der Waals surface area contributed by atoms with E-state index in [-0.39, 0.29) is 11.1 Å². The van der Waals surface area contributed by atoms with Crippen molar-refractivity contribution < 1.29 is 32.2 Å². The largest absolute Gasteiger partial charge is 0.573 e. The van der Waals surface area contributed by atoms with E-state index in [9.17, 15) is 22.8 Å². The molecule has 0 saturated carbocycles. The van der Waals surface area contributed by atoms with Crippen molar-refractivity contribution >= 4 is 17.6 Å². The van der Waals surface area contributed by atoms with Gasteiger partial charge in [0.15, 0.2) is 0 Å². The van der Waals surface area contributed by atoms with Crippen LogP contribution in [-0.2, 0) is 4.74 Å². The number of esters is 1. The van der Waals surface area contributed by atoms with Crippen molar-refractivity contribution in [2.24, 2.45) is 0 Å². The summed E-state index contributed by atoms with van der Waals surface area (Å²) >= 11 is 0. The molecule has 0 bridgehead atoms. The van der Waals surface area contributed by atoms with Crippen LogP contribution in [0.15, 0.2) is 42.5 Å². The predicted molar refractivity (Wildman–Crippen MR) is 83.6 cm³/mol. The molecule has 0 heterocycles. The van der Waals surface area contributed by atoms with E-state index >= 15 is 0 Å². The number of anilines is 1. The number of carbonyl (C=O) groups excluding carboxylic acids is 2. The average Bonchev–Trinajstić information content (AvgIpc) is 2.55. The third-order valence-corrected chi connectivity index (χ3v) is 3.26. The van der Waals surface area contributed by atoms with Crippen LogP contribution in [0.3, 0.4) is 0 Å². The first-order valence-electron chi connectivity index (χ1n) is 7.06. The van der Waals surface area contributed by atoms with Crippen LogP contribution in [-0.4, -0.2) is 25.3 Å². The van der Waals surface area contributed by atoms with Crippen LogP contribution in [0.4, 0.5) is 18.9 Å². The highest BCUT2D eigenvalue weighted by molar-refractivity contribution is 6.05. The Kier molecular flexibility index (Phi) is 5.31. The normalized spacial score (nSPS) is 10.9. The summed E-state index contributed by atoms with van der Waals surface area (Å²) in [7, 11) is 1.24. The average molecular weight is 353 g/mol. The van der Waals surface area contributed by atoms with Gasteiger partial charge < -0.3 is 14.8 Å². The molecule has 0 radical (unpaired) electrons. The number of hydrogen-bond donors (Lipinski definition) is 1. The van der Waals surface area contributed by atoms with E-state index in [1.54, 1.807) is 19.1 Å². The minimum atomic E-state index is -4.80. The van der Waals surface area contributed by atoms with E-state index in [1.165, 1.54) is 25.3 Å². The fourth-order valence-electron chi connectivity index (χ4n) is 2.00. The van der Waals surface area contributed by atoms with Crippen LogP contribution in [0, 0.1) is 6.92 Å². The molecule has 25 heavy (non-hydrogen) atoms. The second-order valence-electron chi connectivity index (χ2n) is 5.05. The van der Waals surface area contributed by atoms with Gasteiger partial charge in [-0.05, 0) is 48.9 Å². The zero-order valence-electron chi connectivity index (χ0n) is 13.3. The number of carbonyl (C=O) groups is 2. The fraction of sp³-hybridized carbons (Fsp3) is 0.176. The Labute approximate surface area is 141 Å². The molecule has 0 fully saturated rings. The zero-order valence-corrected chi connectivity index (χ0v) is 13.3. The molecule has 0 spiro atoms. The summed E-state index contributed by atoms with van der Waals surface area (Å²) in [4.78, 5) is 23.8. The van der Waals surface area contributed by atoms with Crippen molar-refractivity contribution in [3.05, 3.63) is 59.2 Å². The Balaban J connectivity index is 2.15. The molecular formula is C17H14F3NO4. The first-order valence-corrected chi connectivity index (χ1v) is 7.06. The van der Waals surface area contributed by atoms with Gasteiger partial charge in [-0.2, -0.15) is 0 Å². The lowest BCUT2D eigenvalue weighted by Crippen LogP contribution is -2.17. The van der Waals surface area contributed by atoms with Crippen LogP contribution >= 0.6 is 0 Å². The molecule has 0 saturated heterocycles. The summed E-state index contributed by atoms with van der Waals surface area (Å²) in [5.74, 6) is -1.51. The van der Waals surface area contributed by atoms with Crippen LogP contribution in [0.2, 0.25) is 0 Å². The van der Waals surface area contributed by atoms with Crippen molar-refractivity contribution in [1.29, 1.82) is 0 Å². The summed E-state index contributed by atoms with van der Waals surface area (Å²) in [6, 6.07) is 9.15. The van der Waals surface area contributed by atoms with Gasteiger partial charge in [0, 0.05) is 11.3 Å². The molecule has 2 aromatic carbocycles. The maximum Gasteiger partial charge on any atom is 0.573 e. The highest BCUT2D eigenvalue weighted by Gasteiger charge is 2.31. The number of benzene rings is 2. The van der Waals surface area contributed by atoms with Gasteiger partial charge in [-0.25, -0.2) is 4.79 Å². The summed E-state index contributed by atoms with van der Waals surface area (Å²) in [5.41, 5.74) is 1.50. The second-order valence-corrected chi connectivity index (χ2v) is 5.05. The highest BCUT2D eigenvalue weighted by Crippen LogP contribution is 2.23. The minimum absolute atomic E-state index is 0.136. The topological polar surface area (TPSA) is 64.6 Å². The number of rotatable bonds is 4. The van der Waals surface area contributed by atoms with Crippen LogP contribution in [0.5, 0.6) is 5.75 Å². The molecular weight excluding hydrogens is 339 g/mol. The molecule has 2 rings (SSSR count). The van der Waals surface area contributed by atoms with Gasteiger partial charge in [0.25, 0.3) is 5.91 Å². The van der Waals surface area contributed by atoms with Crippen molar-refractivity contribution in [2.75, 3.05) is 12.4 Å². The summed E-state index contributed by atoms with van der Waals surface area (Å²) < 4.78 is 44.7. The third kappa shape index (κ3) is 4.97. The van der Waals surface area contributed by atoms with Gasteiger partial charge in [0.1, 0.15) is 5.75 Å². The highest BCUT2D eigenvalue weighted by atomic mass is 19.4. The maximum atomic E-state index is 12.2. The van der Waals surface area contributed by atoms with E-state index in [4.69, 9.17) is 0 Å². The number of nitrogens with one attached hydrogen (secondary N) is 1. The van der Waals surface area contributed by atoms with E-state index in [2.05, 4.69) is 14.8 Å². The lowest BCUT2D eigenvalue weighted by Gasteiger charge is -2.11. The van der Waals surface area contributed by atoms with Gasteiger partial charge in [-0.15, -0.1) is 13.2 Å². The van der Waals surface area contributed by atoms with Crippen LogP contribution < -0.4 is 10.1 Å². The number of aryl methyl sites for hydroxylation is 1. The van der Waals surface area contributed by atoms with Crippen LogP contribution in [0.25, 0.3) is 0 Å². The Morgan fingerprint density at radius 3 is 2.16 bits per heavy atom. The van der Waals surface area contributed by atoms with Crippen molar-refractivity contribution in [3.63, 3.8) is 0 Å². The number of ether oxygens (including phenoxy) is 2. The Morgan fingerprint density at radius 1 is 1.00 bits per heavy atom. The molecule has 0 aromatic heterocycles. The smallest absolute Gasteiger partial charge is 0.465 e. The second kappa shape index (κ2) is 7.25. The number of alkyl halides is 3. The molecule has 1 amide bonds. The van der Waals surface area contributed by atoms with Gasteiger partial charge in [-0.3, -0.25) is 4.79 Å². The third-order valence-electron chi connectivity index (χ3n) is 3.26. The van der Waals surface area contributed by atoms with Crippen molar-refractivity contribution in [3.8, 4) is 5.75 Å². The molecule has 8 heteroatoms. The molecule has 0 unspecified atom stereocenters. The van der Waals surface area contributed by atoms with Gasteiger partial charge >= 0.3 is 12.3 Å². The quantitative estimate of drug-likeness (QED) is 0.846. The van der Waals surface area contributed by atoms with E-state index in [1.807, 2.05) is 0 Å². The summed E-state index contributed by atoms with van der Waals surface area (Å²) in [6.07, 6.45) is -4.80. The Morgan fingerprint density at radius 2 is 1.60 bits per heavy atom. The van der Waals surface area contributed by atoms with Crippen molar-refractivity contribution in [2.45, 2.75) is 13.3 Å². The minimum Gasteiger partial charge on any atom is -0.465 e. The molecule has 5 nitrogen and oxygen atoms in total. The van der Waals surface area contributed by atoms with Crippen molar-refractivity contribution in [1.82, 2.24) is 0 Å². The van der Waals surface area contributed by atoms with Gasteiger partial charge in [0.2, 0.25) is 0 Å². The maximum absolute atomic E-state index is 12.2. The number of amides is 1. The Hall–Kier alpha value is -3.03. The molecule has 0 atom stereocenters. The number of halogens is 3. The SMILES string of the molecule is COC(=O)c1ccc(C)c(NC(=O)c2ccc(OC(F)(F)F)cc2)c1. The van der Waals surface area contributed by atoms with Gasteiger partial charge in [0.05, 0.1) is 12.7 Å². The molecule has 132 valence electrons. The van der Waals surface area contributed by atoms with E-state index in [0.717, 1.165) is 12.1 Å². The summed E-state index contributed by atoms with van der Waals surface area (Å²) in [6.45, 7) is 1.73. The monoisotopic (exact) mass is 353 g/mol. The summed E-state index contributed by atoms with van der Waals surface area (Å²) in [5, 5.41) is 2.60. The fourth-order valence-corrected chi connectivity index (χ4v) is 2.00. The van der Waals surface area contributed by atoms with Crippen LogP contribution in [0.1, 0.15) is 26.3 Å². The number of methoxy groups -OCH3 is 1. The molecule has 0 aliphatic heterocycles. The molecule has 0 aliphatic carbocycles. The van der Waals surface area contributed by atoms with E-state index in [0.29, 0.717) is 11.3 Å². The molecule has 1 N–H and O–H groups in total. The lowest BCUT2D eigenvalue weighted by molar-refractivity contribution is -0.274. The Bertz CT molecular complexity index is 785. The molecule has 2 aromatic rings. The first kappa shape index (κ1) is 18.3.